The molecule has 1 saturated carbocycles. The second-order valence-corrected chi connectivity index (χ2v) is 13.1. The van der Waals surface area contributed by atoms with E-state index in [0.29, 0.717) is 50.9 Å². The molecule has 0 atom stereocenters. The van der Waals surface area contributed by atoms with Crippen LogP contribution in [0.5, 0.6) is 17.2 Å². The van der Waals surface area contributed by atoms with Crippen molar-refractivity contribution in [3.05, 3.63) is 92.4 Å². The largest absolute Gasteiger partial charge is 0.493 e. The van der Waals surface area contributed by atoms with Gasteiger partial charge in [-0.3, -0.25) is 15.2 Å². The van der Waals surface area contributed by atoms with Crippen LogP contribution in [0.15, 0.2) is 66.2 Å². The molecule has 2 amide bonds. The predicted octanol–water partition coefficient (Wildman–Crippen LogP) is 6.93. The lowest BCUT2D eigenvalue weighted by Crippen LogP contribution is -2.43. The van der Waals surface area contributed by atoms with Gasteiger partial charge in [-0.15, -0.1) is 0 Å². The topological polar surface area (TPSA) is 140 Å². The maximum Gasteiger partial charge on any atom is 0.410 e. The van der Waals surface area contributed by atoms with Gasteiger partial charge < -0.3 is 33.5 Å². The minimum atomic E-state index is -0.584. The quantitative estimate of drug-likeness (QED) is 0.103. The van der Waals surface area contributed by atoms with Gasteiger partial charge in [-0.1, -0.05) is 59.1 Å². The maximum absolute atomic E-state index is 14.5. The van der Waals surface area contributed by atoms with E-state index in [2.05, 4.69) is 4.84 Å². The standard InChI is InChI=1S/C36H40Cl3N3O10/c1-47-33-21-26(37)7-12-32(33)50-19-18-49-28-10-5-24(6-11-28)29-13-14-40(36(44)51-17-15-48-16-20-52-42(45)46)23-30(29)35(43)41(27-8-9-27)22-25-3-2-4-31(38)34(25)39/h2-7,10-12,21,27,45-46H,8-9,13-20,22-23H2,1H3. The fraction of sp³-hybridized carbons (Fsp3) is 0.389. The Labute approximate surface area is 316 Å². The lowest BCUT2D eigenvalue weighted by molar-refractivity contribution is -0.493. The molecule has 2 aliphatic rings. The van der Waals surface area contributed by atoms with Crippen molar-refractivity contribution < 1.29 is 48.5 Å². The number of halogens is 3. The van der Waals surface area contributed by atoms with Gasteiger partial charge in [-0.25, -0.2) is 9.63 Å². The molecule has 1 heterocycles. The molecule has 1 aliphatic heterocycles. The first kappa shape index (κ1) is 39.4. The van der Waals surface area contributed by atoms with Crippen LogP contribution in [0, 0.1) is 0 Å². The summed E-state index contributed by atoms with van der Waals surface area (Å²) in [4.78, 5) is 35.3. The summed E-state index contributed by atoms with van der Waals surface area (Å²) in [5.41, 5.74) is 2.88. The first-order chi connectivity index (χ1) is 25.1. The van der Waals surface area contributed by atoms with Gasteiger partial charge in [0, 0.05) is 35.8 Å². The molecular weight excluding hydrogens is 741 g/mol. The van der Waals surface area contributed by atoms with Crippen molar-refractivity contribution in [2.45, 2.75) is 31.8 Å². The number of carbonyl (C=O) groups excluding carboxylic acids is 2. The number of carbonyl (C=O) groups is 2. The molecule has 16 heteroatoms. The fourth-order valence-corrected chi connectivity index (χ4v) is 6.14. The van der Waals surface area contributed by atoms with Crippen LogP contribution in [0.3, 0.4) is 0 Å². The molecule has 0 unspecified atom stereocenters. The van der Waals surface area contributed by atoms with Crippen molar-refractivity contribution in [3.63, 3.8) is 0 Å². The number of hydrogen-bond acceptors (Lipinski definition) is 11. The summed E-state index contributed by atoms with van der Waals surface area (Å²) in [6.07, 6.45) is 1.55. The van der Waals surface area contributed by atoms with Gasteiger partial charge in [-0.2, -0.15) is 0 Å². The number of nitrogens with zero attached hydrogens (tertiary/aromatic N) is 3. The average molecular weight is 781 g/mol. The van der Waals surface area contributed by atoms with E-state index in [4.69, 9.17) is 68.9 Å². The van der Waals surface area contributed by atoms with Crippen molar-refractivity contribution in [1.29, 1.82) is 0 Å². The predicted molar refractivity (Wildman–Crippen MR) is 192 cm³/mol. The van der Waals surface area contributed by atoms with E-state index in [1.54, 1.807) is 37.4 Å². The summed E-state index contributed by atoms with van der Waals surface area (Å²) in [6.45, 7) is 1.16. The van der Waals surface area contributed by atoms with E-state index < -0.39 is 11.5 Å². The summed E-state index contributed by atoms with van der Waals surface area (Å²) < 4.78 is 27.8. The molecule has 3 aromatic carbocycles. The van der Waals surface area contributed by atoms with Crippen LogP contribution < -0.4 is 14.2 Å². The Morgan fingerprint density at radius 2 is 1.63 bits per heavy atom. The van der Waals surface area contributed by atoms with Gasteiger partial charge in [0.05, 0.1) is 48.9 Å². The Balaban J connectivity index is 1.28. The number of amides is 2. The Bertz CT molecular complexity index is 1710. The highest BCUT2D eigenvalue weighted by Gasteiger charge is 2.37. The second kappa shape index (κ2) is 19.3. The van der Waals surface area contributed by atoms with Gasteiger partial charge >= 0.3 is 6.09 Å². The third kappa shape index (κ3) is 11.1. The van der Waals surface area contributed by atoms with Crippen LogP contribution in [0.2, 0.25) is 15.1 Å². The number of benzene rings is 3. The van der Waals surface area contributed by atoms with Gasteiger partial charge in [-0.05, 0) is 66.3 Å². The molecule has 0 radical (unpaired) electrons. The fourth-order valence-electron chi connectivity index (χ4n) is 5.60. The lowest BCUT2D eigenvalue weighted by Gasteiger charge is -2.33. The van der Waals surface area contributed by atoms with Crippen molar-refractivity contribution >= 4 is 52.4 Å². The SMILES string of the molecule is COc1cc(Cl)ccc1OCCOc1ccc(C2=C(C(=O)N(Cc3cccc(Cl)c3Cl)C3CC3)CN(C(=O)OCCOCCON(O)O)CC2)cc1. The van der Waals surface area contributed by atoms with Crippen LogP contribution in [0.4, 0.5) is 4.79 Å². The van der Waals surface area contributed by atoms with Crippen molar-refractivity contribution in [2.75, 3.05) is 59.8 Å². The molecule has 0 saturated heterocycles. The summed E-state index contributed by atoms with van der Waals surface area (Å²) in [5.74, 6) is 1.52. The number of rotatable bonds is 18. The monoisotopic (exact) mass is 779 g/mol. The summed E-state index contributed by atoms with van der Waals surface area (Å²) >= 11 is 18.9. The first-order valence-electron chi connectivity index (χ1n) is 16.6. The molecule has 0 bridgehead atoms. The molecule has 3 aromatic rings. The van der Waals surface area contributed by atoms with Gasteiger partial charge in [0.25, 0.3) is 5.91 Å². The Morgan fingerprint density at radius 1 is 0.885 bits per heavy atom. The van der Waals surface area contributed by atoms with Crippen molar-refractivity contribution in [1.82, 2.24) is 15.2 Å². The third-order valence-corrected chi connectivity index (χ3v) is 9.40. The normalized spacial score (nSPS) is 14.4. The van der Waals surface area contributed by atoms with E-state index in [1.807, 2.05) is 35.2 Å². The van der Waals surface area contributed by atoms with E-state index in [1.165, 1.54) is 4.90 Å². The molecule has 1 fully saturated rings. The van der Waals surface area contributed by atoms with Crippen molar-refractivity contribution in [2.24, 2.45) is 0 Å². The summed E-state index contributed by atoms with van der Waals surface area (Å²) in [7, 11) is 1.54. The third-order valence-electron chi connectivity index (χ3n) is 8.31. The van der Waals surface area contributed by atoms with Gasteiger partial charge in [0.1, 0.15) is 25.6 Å². The Kier molecular flexibility index (Phi) is 14.7. The minimum absolute atomic E-state index is 0.0364. The summed E-state index contributed by atoms with van der Waals surface area (Å²) in [5, 5.41) is 18.1. The molecule has 52 heavy (non-hydrogen) atoms. The second-order valence-electron chi connectivity index (χ2n) is 11.8. The van der Waals surface area contributed by atoms with Crippen LogP contribution in [0.1, 0.15) is 30.4 Å². The lowest BCUT2D eigenvalue weighted by atomic mass is 9.92. The molecule has 2 N–H and O–H groups in total. The Hall–Kier alpha value is -3.79. The number of ether oxygens (including phenoxy) is 5. The van der Waals surface area contributed by atoms with E-state index in [9.17, 15) is 9.59 Å². The van der Waals surface area contributed by atoms with E-state index >= 15 is 0 Å². The summed E-state index contributed by atoms with van der Waals surface area (Å²) in [6, 6.07) is 18.0. The molecule has 5 rings (SSSR count). The molecule has 0 aromatic heterocycles. The highest BCUT2D eigenvalue weighted by molar-refractivity contribution is 6.42. The Morgan fingerprint density at radius 3 is 2.37 bits per heavy atom. The molecule has 280 valence electrons. The highest BCUT2D eigenvalue weighted by atomic mass is 35.5. The van der Waals surface area contributed by atoms with Crippen LogP contribution in [-0.4, -0.2) is 103 Å². The molecule has 13 nitrogen and oxygen atoms in total. The van der Waals surface area contributed by atoms with E-state index in [-0.39, 0.29) is 64.7 Å². The molecular formula is C36H40Cl3N3O10. The number of methoxy groups -OCH3 is 1. The smallest absolute Gasteiger partial charge is 0.410 e. The zero-order valence-corrected chi connectivity index (χ0v) is 30.7. The van der Waals surface area contributed by atoms with Crippen molar-refractivity contribution in [3.8, 4) is 17.2 Å². The minimum Gasteiger partial charge on any atom is -0.493 e. The van der Waals surface area contributed by atoms with Crippen LogP contribution in [-0.2, 0) is 25.7 Å². The van der Waals surface area contributed by atoms with E-state index in [0.717, 1.165) is 29.5 Å². The molecule has 1 aliphatic carbocycles. The van der Waals surface area contributed by atoms with Crippen LogP contribution in [0.25, 0.3) is 5.57 Å². The molecule has 0 spiro atoms. The van der Waals surface area contributed by atoms with Gasteiger partial charge in [0.15, 0.2) is 11.5 Å². The van der Waals surface area contributed by atoms with Gasteiger partial charge in [0.2, 0.25) is 0 Å². The zero-order chi connectivity index (χ0) is 37.0. The first-order valence-corrected chi connectivity index (χ1v) is 17.7. The maximum atomic E-state index is 14.5. The average Bonchev–Trinajstić information content (AvgIpc) is 3.99. The van der Waals surface area contributed by atoms with Crippen LogP contribution >= 0.6 is 34.8 Å². The number of hydrogen-bond donors (Lipinski definition) is 2. The highest BCUT2D eigenvalue weighted by Crippen LogP contribution is 2.36. The zero-order valence-electron chi connectivity index (χ0n) is 28.5.